The van der Waals surface area contributed by atoms with Crippen LogP contribution in [0.15, 0.2) is 40.2 Å². The zero-order chi connectivity index (χ0) is 15.0. The zero-order valence-electron chi connectivity index (χ0n) is 11.1. The quantitative estimate of drug-likeness (QED) is 0.889. The van der Waals surface area contributed by atoms with Gasteiger partial charge in [0.05, 0.1) is 0 Å². The molecular formula is C15H13BrN2O2S. The summed E-state index contributed by atoms with van der Waals surface area (Å²) in [6.45, 7) is 0.410. The van der Waals surface area contributed by atoms with E-state index in [-0.39, 0.29) is 5.91 Å². The smallest absolute Gasteiger partial charge is 0.266 e. The number of hydrogen-bond acceptors (Lipinski definition) is 3. The summed E-state index contributed by atoms with van der Waals surface area (Å²) in [4.78, 5) is 26.6. The van der Waals surface area contributed by atoms with Gasteiger partial charge in [0.15, 0.2) is 0 Å². The first-order valence-electron chi connectivity index (χ1n) is 6.48. The van der Waals surface area contributed by atoms with Gasteiger partial charge in [0.1, 0.15) is 10.9 Å². The van der Waals surface area contributed by atoms with Crippen LogP contribution in [0.2, 0.25) is 0 Å². The fourth-order valence-electron chi connectivity index (χ4n) is 2.57. The van der Waals surface area contributed by atoms with E-state index in [1.165, 1.54) is 11.3 Å². The molecule has 1 aliphatic heterocycles. The van der Waals surface area contributed by atoms with Gasteiger partial charge in [-0.25, -0.2) is 0 Å². The first kappa shape index (κ1) is 14.3. The third-order valence-electron chi connectivity index (χ3n) is 3.65. The molecule has 1 atom stereocenters. The molecule has 4 nitrogen and oxygen atoms in total. The molecule has 108 valence electrons. The van der Waals surface area contributed by atoms with Crippen molar-refractivity contribution in [3.05, 3.63) is 56.2 Å². The minimum atomic E-state index is -0.596. The Kier molecular flexibility index (Phi) is 3.82. The number of nitrogens with zero attached hydrogens (tertiary/aromatic N) is 1. The van der Waals surface area contributed by atoms with Crippen LogP contribution < -0.4 is 5.73 Å². The normalized spacial score (nSPS) is 17.4. The number of primary amides is 1. The monoisotopic (exact) mass is 364 g/mol. The molecule has 6 heteroatoms. The van der Waals surface area contributed by atoms with Crippen LogP contribution in [0, 0.1) is 0 Å². The van der Waals surface area contributed by atoms with Crippen LogP contribution in [-0.2, 0) is 17.8 Å². The third kappa shape index (κ3) is 2.61. The Bertz CT molecular complexity index is 713. The average molecular weight is 365 g/mol. The molecule has 0 radical (unpaired) electrons. The van der Waals surface area contributed by atoms with E-state index in [2.05, 4.69) is 15.9 Å². The fourth-order valence-corrected chi connectivity index (χ4v) is 4.06. The molecule has 0 spiro atoms. The maximum Gasteiger partial charge on any atom is 0.266 e. The van der Waals surface area contributed by atoms with Crippen molar-refractivity contribution in [3.63, 3.8) is 0 Å². The van der Waals surface area contributed by atoms with Gasteiger partial charge in [0, 0.05) is 17.4 Å². The lowest BCUT2D eigenvalue weighted by Crippen LogP contribution is -2.51. The van der Waals surface area contributed by atoms with Crippen LogP contribution in [0.1, 0.15) is 20.8 Å². The molecule has 1 aromatic carbocycles. The maximum absolute atomic E-state index is 12.7. The van der Waals surface area contributed by atoms with Crippen molar-refractivity contribution in [2.45, 2.75) is 19.0 Å². The summed E-state index contributed by atoms with van der Waals surface area (Å²) in [6.07, 6.45) is 0.472. The highest BCUT2D eigenvalue weighted by molar-refractivity contribution is 9.10. The van der Waals surface area contributed by atoms with Crippen molar-refractivity contribution in [1.82, 2.24) is 4.90 Å². The van der Waals surface area contributed by atoms with Gasteiger partial charge in [-0.15, -0.1) is 11.3 Å². The predicted molar refractivity (Wildman–Crippen MR) is 85.0 cm³/mol. The van der Waals surface area contributed by atoms with E-state index in [0.29, 0.717) is 17.8 Å². The molecule has 1 aliphatic rings. The Morgan fingerprint density at radius 2 is 1.95 bits per heavy atom. The standard InChI is InChI=1S/C15H13BrN2O2S/c16-11-5-6-21-13(11)15(20)18-8-10-4-2-1-3-9(10)7-12(18)14(17)19/h1-6,12H,7-8H2,(H2,17,19)/t12-/m0/s1. The molecule has 2 heterocycles. The minimum Gasteiger partial charge on any atom is -0.368 e. The second-order valence-electron chi connectivity index (χ2n) is 4.92. The molecule has 3 rings (SSSR count). The van der Waals surface area contributed by atoms with Gasteiger partial charge in [-0.3, -0.25) is 9.59 Å². The van der Waals surface area contributed by atoms with Crippen molar-refractivity contribution in [3.8, 4) is 0 Å². The Morgan fingerprint density at radius 3 is 2.57 bits per heavy atom. The van der Waals surface area contributed by atoms with E-state index in [4.69, 9.17) is 5.73 Å². The maximum atomic E-state index is 12.7. The Labute approximate surface area is 134 Å². The topological polar surface area (TPSA) is 63.4 Å². The number of rotatable bonds is 2. The average Bonchev–Trinajstić information content (AvgIpc) is 2.91. The minimum absolute atomic E-state index is 0.157. The largest absolute Gasteiger partial charge is 0.368 e. The molecule has 0 unspecified atom stereocenters. The predicted octanol–water partition coefficient (Wildman–Crippen LogP) is 2.56. The lowest BCUT2D eigenvalue weighted by atomic mass is 9.93. The fraction of sp³-hybridized carbons (Fsp3) is 0.200. The van der Waals surface area contributed by atoms with Crippen molar-refractivity contribution in [2.75, 3.05) is 0 Å². The summed E-state index contributed by atoms with van der Waals surface area (Å²) in [5, 5.41) is 1.84. The number of hydrogen-bond donors (Lipinski definition) is 1. The SMILES string of the molecule is NC(=O)[C@@H]1Cc2ccccc2CN1C(=O)c1sccc1Br. The Balaban J connectivity index is 1.98. The van der Waals surface area contributed by atoms with Crippen molar-refractivity contribution in [1.29, 1.82) is 0 Å². The van der Waals surface area contributed by atoms with Crippen LogP contribution in [0.4, 0.5) is 0 Å². The zero-order valence-corrected chi connectivity index (χ0v) is 13.5. The van der Waals surface area contributed by atoms with Crippen LogP contribution >= 0.6 is 27.3 Å². The van der Waals surface area contributed by atoms with E-state index >= 15 is 0 Å². The summed E-state index contributed by atoms with van der Waals surface area (Å²) >= 11 is 4.73. The number of benzene rings is 1. The third-order valence-corrected chi connectivity index (χ3v) is 5.47. The number of thiophene rings is 1. The summed E-state index contributed by atoms with van der Waals surface area (Å²) < 4.78 is 0.750. The van der Waals surface area contributed by atoms with Gasteiger partial charge in [-0.2, -0.15) is 0 Å². The first-order chi connectivity index (χ1) is 10.1. The molecule has 0 aliphatic carbocycles. The number of carbonyl (C=O) groups is 2. The van der Waals surface area contributed by atoms with Crippen LogP contribution in [0.5, 0.6) is 0 Å². The highest BCUT2D eigenvalue weighted by Gasteiger charge is 2.34. The number of nitrogens with two attached hydrogens (primary N) is 1. The Hall–Kier alpha value is -1.66. The molecule has 0 saturated heterocycles. The molecular weight excluding hydrogens is 352 g/mol. The number of amides is 2. The van der Waals surface area contributed by atoms with Gasteiger partial charge in [-0.1, -0.05) is 24.3 Å². The highest BCUT2D eigenvalue weighted by atomic mass is 79.9. The lowest BCUT2D eigenvalue weighted by molar-refractivity contribution is -0.122. The second-order valence-corrected chi connectivity index (χ2v) is 6.69. The molecule has 2 N–H and O–H groups in total. The van der Waals surface area contributed by atoms with Gasteiger partial charge >= 0.3 is 0 Å². The summed E-state index contributed by atoms with van der Waals surface area (Å²) in [6, 6.07) is 9.07. The molecule has 2 aromatic rings. The van der Waals surface area contributed by atoms with E-state index in [1.807, 2.05) is 35.7 Å². The van der Waals surface area contributed by atoms with Gasteiger partial charge < -0.3 is 10.6 Å². The number of halogens is 1. The van der Waals surface area contributed by atoms with Gasteiger partial charge in [0.2, 0.25) is 5.91 Å². The lowest BCUT2D eigenvalue weighted by Gasteiger charge is -2.35. The molecule has 1 aromatic heterocycles. The number of carbonyl (C=O) groups excluding carboxylic acids is 2. The van der Waals surface area contributed by atoms with Crippen molar-refractivity contribution in [2.24, 2.45) is 5.73 Å². The Morgan fingerprint density at radius 1 is 1.24 bits per heavy atom. The molecule has 0 bridgehead atoms. The van der Waals surface area contributed by atoms with E-state index in [9.17, 15) is 9.59 Å². The molecule has 2 amide bonds. The second kappa shape index (κ2) is 5.61. The molecule has 0 saturated carbocycles. The van der Waals surface area contributed by atoms with Crippen molar-refractivity contribution >= 4 is 39.1 Å². The summed E-state index contributed by atoms with van der Waals surface area (Å²) in [5.41, 5.74) is 7.65. The molecule has 21 heavy (non-hydrogen) atoms. The van der Waals surface area contributed by atoms with Gasteiger partial charge in [0.25, 0.3) is 5.91 Å². The van der Waals surface area contributed by atoms with Gasteiger partial charge in [-0.05, 0) is 38.5 Å². The van der Waals surface area contributed by atoms with E-state index in [0.717, 1.165) is 15.6 Å². The van der Waals surface area contributed by atoms with Crippen LogP contribution in [0.25, 0.3) is 0 Å². The highest BCUT2D eigenvalue weighted by Crippen LogP contribution is 2.29. The van der Waals surface area contributed by atoms with Crippen LogP contribution in [0.3, 0.4) is 0 Å². The van der Waals surface area contributed by atoms with Crippen molar-refractivity contribution < 1.29 is 9.59 Å². The molecule has 0 fully saturated rings. The summed E-state index contributed by atoms with van der Waals surface area (Å²) in [5.74, 6) is -0.624. The van der Waals surface area contributed by atoms with E-state index in [1.54, 1.807) is 4.90 Å². The number of fused-ring (bicyclic) bond motifs is 1. The van der Waals surface area contributed by atoms with Crippen LogP contribution in [-0.4, -0.2) is 22.8 Å². The van der Waals surface area contributed by atoms with E-state index < -0.39 is 11.9 Å². The summed E-state index contributed by atoms with van der Waals surface area (Å²) in [7, 11) is 0. The first-order valence-corrected chi connectivity index (χ1v) is 8.15.